The molecule has 0 bridgehead atoms. The van der Waals surface area contributed by atoms with E-state index in [0.29, 0.717) is 31.9 Å². The van der Waals surface area contributed by atoms with Crippen LogP contribution in [0.3, 0.4) is 0 Å². The molecule has 0 aromatic rings. The molecule has 1 rings (SSSR count). The maximum atomic E-state index is 12.1. The zero-order valence-electron chi connectivity index (χ0n) is 11.8. The summed E-state index contributed by atoms with van der Waals surface area (Å²) in [7, 11) is -3.84. The second-order valence-corrected chi connectivity index (χ2v) is 6.89. The first kappa shape index (κ1) is 17.5. The smallest absolute Gasteiger partial charge is 0.422 e. The van der Waals surface area contributed by atoms with Crippen LogP contribution in [0.15, 0.2) is 0 Å². The van der Waals surface area contributed by atoms with Crippen LogP contribution in [0.1, 0.15) is 20.3 Å². The lowest BCUT2D eigenvalue weighted by Crippen LogP contribution is -2.45. The number of nitrogens with zero attached hydrogens (tertiary/aromatic N) is 2. The standard InChI is InChI=1S/C11H22ClN3O4S/c1-10(2)19-11(16)13-20(17,18)15-6-3-5-14(7-4-12)8-9-15/h10H,3-9H2,1-2H3,(H,13,16). The van der Waals surface area contributed by atoms with Gasteiger partial charge in [0, 0.05) is 32.1 Å². The summed E-state index contributed by atoms with van der Waals surface area (Å²) in [6, 6.07) is 0. The van der Waals surface area contributed by atoms with Gasteiger partial charge in [0.25, 0.3) is 0 Å². The number of carbonyl (C=O) groups excluding carboxylic acids is 1. The fourth-order valence-electron chi connectivity index (χ4n) is 1.94. The zero-order chi connectivity index (χ0) is 15.2. The van der Waals surface area contributed by atoms with E-state index < -0.39 is 16.3 Å². The van der Waals surface area contributed by atoms with E-state index in [-0.39, 0.29) is 6.10 Å². The molecular formula is C11H22ClN3O4S. The predicted octanol–water partition coefficient (Wildman–Crippen LogP) is 0.612. The molecule has 118 valence electrons. The SMILES string of the molecule is CC(C)OC(=O)NS(=O)(=O)N1CCCN(CCCl)CC1. The Kier molecular flexibility index (Phi) is 7.01. The van der Waals surface area contributed by atoms with Crippen LogP contribution in [0.25, 0.3) is 0 Å². The van der Waals surface area contributed by atoms with Crippen molar-refractivity contribution in [1.82, 2.24) is 13.9 Å². The minimum absolute atomic E-state index is 0.335. The van der Waals surface area contributed by atoms with Crippen molar-refractivity contribution < 1.29 is 17.9 Å². The quantitative estimate of drug-likeness (QED) is 0.749. The minimum atomic E-state index is -3.84. The summed E-state index contributed by atoms with van der Waals surface area (Å²) in [6.45, 7) is 6.16. The molecule has 1 heterocycles. The highest BCUT2D eigenvalue weighted by Crippen LogP contribution is 2.07. The molecule has 0 spiro atoms. The number of amides is 1. The molecule has 1 N–H and O–H groups in total. The van der Waals surface area contributed by atoms with Crippen molar-refractivity contribution in [3.8, 4) is 0 Å². The van der Waals surface area contributed by atoms with Crippen molar-refractivity contribution in [2.45, 2.75) is 26.4 Å². The molecule has 0 aromatic heterocycles. The Morgan fingerprint density at radius 1 is 1.30 bits per heavy atom. The number of hydrogen-bond acceptors (Lipinski definition) is 5. The van der Waals surface area contributed by atoms with Crippen molar-refractivity contribution in [2.75, 3.05) is 38.6 Å². The van der Waals surface area contributed by atoms with Gasteiger partial charge in [0.2, 0.25) is 0 Å². The normalized spacial score (nSPS) is 18.8. The highest BCUT2D eigenvalue weighted by atomic mass is 35.5. The van der Waals surface area contributed by atoms with E-state index in [1.54, 1.807) is 13.8 Å². The highest BCUT2D eigenvalue weighted by Gasteiger charge is 2.27. The van der Waals surface area contributed by atoms with Gasteiger partial charge in [-0.05, 0) is 26.8 Å². The fraction of sp³-hybridized carbons (Fsp3) is 0.909. The van der Waals surface area contributed by atoms with Crippen LogP contribution < -0.4 is 4.72 Å². The first-order valence-corrected chi connectivity index (χ1v) is 8.59. The van der Waals surface area contributed by atoms with Crippen molar-refractivity contribution >= 4 is 27.9 Å². The monoisotopic (exact) mass is 327 g/mol. The van der Waals surface area contributed by atoms with Gasteiger partial charge in [0.15, 0.2) is 0 Å². The third-order valence-electron chi connectivity index (χ3n) is 2.84. The van der Waals surface area contributed by atoms with Gasteiger partial charge in [0.05, 0.1) is 6.10 Å². The lowest BCUT2D eigenvalue weighted by Gasteiger charge is -2.21. The highest BCUT2D eigenvalue weighted by molar-refractivity contribution is 7.87. The molecule has 20 heavy (non-hydrogen) atoms. The summed E-state index contributed by atoms with van der Waals surface area (Å²) in [5, 5.41) is 0. The summed E-state index contributed by atoms with van der Waals surface area (Å²) in [5.41, 5.74) is 0. The van der Waals surface area contributed by atoms with E-state index in [9.17, 15) is 13.2 Å². The van der Waals surface area contributed by atoms with E-state index in [1.165, 1.54) is 4.31 Å². The Hall–Kier alpha value is -0.570. The average Bonchev–Trinajstić information content (AvgIpc) is 2.53. The number of nitrogens with one attached hydrogen (secondary N) is 1. The van der Waals surface area contributed by atoms with E-state index in [4.69, 9.17) is 16.3 Å². The van der Waals surface area contributed by atoms with Crippen LogP contribution in [0.5, 0.6) is 0 Å². The van der Waals surface area contributed by atoms with Gasteiger partial charge in [-0.15, -0.1) is 11.6 Å². The van der Waals surface area contributed by atoms with E-state index >= 15 is 0 Å². The fourth-order valence-corrected chi connectivity index (χ4v) is 3.26. The Labute approximate surface area is 125 Å². The van der Waals surface area contributed by atoms with Crippen LogP contribution in [0, 0.1) is 0 Å². The first-order valence-electron chi connectivity index (χ1n) is 6.62. The Morgan fingerprint density at radius 2 is 2.00 bits per heavy atom. The average molecular weight is 328 g/mol. The summed E-state index contributed by atoms with van der Waals surface area (Å²) in [4.78, 5) is 13.5. The summed E-state index contributed by atoms with van der Waals surface area (Å²) in [6.07, 6.45) is -0.604. The molecule has 0 aliphatic carbocycles. The van der Waals surface area contributed by atoms with Crippen molar-refractivity contribution in [3.05, 3.63) is 0 Å². The lowest BCUT2D eigenvalue weighted by molar-refractivity contribution is 0.121. The van der Waals surface area contributed by atoms with Gasteiger partial charge in [-0.2, -0.15) is 12.7 Å². The number of carbonyl (C=O) groups is 1. The number of hydrogen-bond donors (Lipinski definition) is 1. The van der Waals surface area contributed by atoms with E-state index in [0.717, 1.165) is 13.1 Å². The third kappa shape index (κ3) is 5.82. The number of halogens is 1. The van der Waals surface area contributed by atoms with Gasteiger partial charge in [-0.25, -0.2) is 9.52 Å². The Bertz CT molecular complexity index is 416. The molecule has 1 aliphatic rings. The lowest BCUT2D eigenvalue weighted by atomic mass is 10.4. The molecule has 1 amide bonds. The molecule has 0 saturated carbocycles. The third-order valence-corrected chi connectivity index (χ3v) is 4.48. The van der Waals surface area contributed by atoms with Crippen molar-refractivity contribution in [2.24, 2.45) is 0 Å². The maximum Gasteiger partial charge on any atom is 0.422 e. The van der Waals surface area contributed by atoms with Crippen LogP contribution in [0.4, 0.5) is 4.79 Å². The zero-order valence-corrected chi connectivity index (χ0v) is 13.4. The van der Waals surface area contributed by atoms with Gasteiger partial charge >= 0.3 is 16.3 Å². The Balaban J connectivity index is 2.57. The van der Waals surface area contributed by atoms with Crippen molar-refractivity contribution in [1.29, 1.82) is 0 Å². The van der Waals surface area contributed by atoms with Gasteiger partial charge in [0.1, 0.15) is 0 Å². The molecule has 1 aliphatic heterocycles. The van der Waals surface area contributed by atoms with Gasteiger partial charge < -0.3 is 9.64 Å². The topological polar surface area (TPSA) is 78.9 Å². The molecule has 9 heteroatoms. The predicted molar refractivity (Wildman–Crippen MR) is 77.0 cm³/mol. The molecule has 0 unspecified atom stereocenters. The molecule has 0 atom stereocenters. The van der Waals surface area contributed by atoms with E-state index in [1.807, 2.05) is 4.72 Å². The second-order valence-electron chi connectivity index (χ2n) is 4.84. The molecule has 7 nitrogen and oxygen atoms in total. The summed E-state index contributed by atoms with van der Waals surface area (Å²) in [5.74, 6) is 0.520. The van der Waals surface area contributed by atoms with E-state index in [2.05, 4.69) is 4.90 Å². The Morgan fingerprint density at radius 3 is 2.60 bits per heavy atom. The molecule has 0 aromatic carbocycles. The minimum Gasteiger partial charge on any atom is -0.446 e. The molecular weight excluding hydrogens is 306 g/mol. The number of rotatable bonds is 5. The first-order chi connectivity index (χ1) is 9.35. The van der Waals surface area contributed by atoms with Gasteiger partial charge in [-0.3, -0.25) is 0 Å². The van der Waals surface area contributed by atoms with Gasteiger partial charge in [-0.1, -0.05) is 0 Å². The molecule has 1 fully saturated rings. The maximum absolute atomic E-state index is 12.1. The second kappa shape index (κ2) is 8.02. The van der Waals surface area contributed by atoms with Crippen LogP contribution in [-0.2, 0) is 14.9 Å². The van der Waals surface area contributed by atoms with Crippen molar-refractivity contribution in [3.63, 3.8) is 0 Å². The van der Waals surface area contributed by atoms with Crippen LogP contribution in [0.2, 0.25) is 0 Å². The van der Waals surface area contributed by atoms with Crippen LogP contribution >= 0.6 is 11.6 Å². The summed E-state index contributed by atoms with van der Waals surface area (Å²) >= 11 is 5.68. The largest absolute Gasteiger partial charge is 0.446 e. The number of ether oxygens (including phenoxy) is 1. The van der Waals surface area contributed by atoms with Crippen LogP contribution in [-0.4, -0.2) is 68.4 Å². The summed E-state index contributed by atoms with van der Waals surface area (Å²) < 4.78 is 32.1. The number of alkyl halides is 1. The molecule has 0 radical (unpaired) electrons. The molecule has 1 saturated heterocycles.